The summed E-state index contributed by atoms with van der Waals surface area (Å²) >= 11 is 0. The van der Waals surface area contributed by atoms with E-state index in [4.69, 9.17) is 4.74 Å². The standard InChI is InChI=1S/C14H28O3/c1-4-6-8-10-13(16)14(17-12(3)15)11-9-7-5-2/h13-14,16H,4-11H2,1-3H3. The summed E-state index contributed by atoms with van der Waals surface area (Å²) in [6.07, 6.45) is 7.25. The summed E-state index contributed by atoms with van der Waals surface area (Å²) in [5.74, 6) is -0.291. The van der Waals surface area contributed by atoms with Crippen molar-refractivity contribution >= 4 is 5.97 Å². The summed E-state index contributed by atoms with van der Waals surface area (Å²) in [6.45, 7) is 5.68. The number of aliphatic hydroxyl groups is 1. The quantitative estimate of drug-likeness (QED) is 0.473. The van der Waals surface area contributed by atoms with Crippen molar-refractivity contribution in [2.24, 2.45) is 0 Å². The second kappa shape index (κ2) is 10.6. The number of carbonyl (C=O) groups is 1. The number of rotatable bonds is 10. The highest BCUT2D eigenvalue weighted by Gasteiger charge is 2.21. The van der Waals surface area contributed by atoms with E-state index in [1.54, 1.807) is 0 Å². The minimum atomic E-state index is -0.498. The van der Waals surface area contributed by atoms with Crippen LogP contribution in [0.5, 0.6) is 0 Å². The molecule has 2 unspecified atom stereocenters. The largest absolute Gasteiger partial charge is 0.460 e. The summed E-state index contributed by atoms with van der Waals surface area (Å²) in [7, 11) is 0. The first-order valence-corrected chi connectivity index (χ1v) is 6.97. The molecule has 0 fully saturated rings. The van der Waals surface area contributed by atoms with Crippen molar-refractivity contribution in [1.29, 1.82) is 0 Å². The zero-order valence-electron chi connectivity index (χ0n) is 11.6. The van der Waals surface area contributed by atoms with Crippen LogP contribution in [0.3, 0.4) is 0 Å². The van der Waals surface area contributed by atoms with E-state index < -0.39 is 6.10 Å². The van der Waals surface area contributed by atoms with Crippen molar-refractivity contribution in [2.45, 2.75) is 84.3 Å². The van der Waals surface area contributed by atoms with Gasteiger partial charge in [-0.1, -0.05) is 46.0 Å². The molecular weight excluding hydrogens is 216 g/mol. The number of carbonyl (C=O) groups excluding carboxylic acids is 1. The van der Waals surface area contributed by atoms with Crippen LogP contribution >= 0.6 is 0 Å². The second-order valence-electron chi connectivity index (χ2n) is 4.71. The molecule has 17 heavy (non-hydrogen) atoms. The van der Waals surface area contributed by atoms with Crippen LogP contribution in [0.25, 0.3) is 0 Å². The molecule has 102 valence electrons. The zero-order chi connectivity index (χ0) is 13.1. The van der Waals surface area contributed by atoms with Crippen molar-refractivity contribution in [3.63, 3.8) is 0 Å². The number of aliphatic hydroxyl groups excluding tert-OH is 1. The van der Waals surface area contributed by atoms with E-state index in [1.807, 2.05) is 0 Å². The van der Waals surface area contributed by atoms with E-state index in [0.29, 0.717) is 0 Å². The van der Waals surface area contributed by atoms with E-state index in [9.17, 15) is 9.90 Å². The summed E-state index contributed by atoms with van der Waals surface area (Å²) in [5.41, 5.74) is 0. The van der Waals surface area contributed by atoms with Gasteiger partial charge in [-0.15, -0.1) is 0 Å². The van der Waals surface area contributed by atoms with E-state index >= 15 is 0 Å². The van der Waals surface area contributed by atoms with Crippen LogP contribution in [-0.4, -0.2) is 23.3 Å². The Bertz CT molecular complexity index is 192. The monoisotopic (exact) mass is 244 g/mol. The third-order valence-electron chi connectivity index (χ3n) is 2.94. The Labute approximate surface area is 106 Å². The maximum Gasteiger partial charge on any atom is 0.302 e. The van der Waals surface area contributed by atoms with Crippen molar-refractivity contribution in [3.05, 3.63) is 0 Å². The highest BCUT2D eigenvalue weighted by molar-refractivity contribution is 5.66. The van der Waals surface area contributed by atoms with Gasteiger partial charge in [-0.05, 0) is 19.3 Å². The molecule has 2 atom stereocenters. The smallest absolute Gasteiger partial charge is 0.302 e. The predicted molar refractivity (Wildman–Crippen MR) is 69.8 cm³/mol. The summed E-state index contributed by atoms with van der Waals surface area (Å²) in [4.78, 5) is 11.0. The molecule has 0 aromatic carbocycles. The molecule has 0 heterocycles. The fourth-order valence-corrected chi connectivity index (χ4v) is 1.93. The van der Waals surface area contributed by atoms with Crippen molar-refractivity contribution in [3.8, 4) is 0 Å². The van der Waals surface area contributed by atoms with Crippen LogP contribution in [0.1, 0.15) is 72.1 Å². The average molecular weight is 244 g/mol. The lowest BCUT2D eigenvalue weighted by molar-refractivity contribution is -0.153. The maximum absolute atomic E-state index is 11.0. The number of hydrogen-bond donors (Lipinski definition) is 1. The number of ether oxygens (including phenoxy) is 1. The van der Waals surface area contributed by atoms with Crippen LogP contribution in [-0.2, 0) is 9.53 Å². The van der Waals surface area contributed by atoms with Gasteiger partial charge in [-0.25, -0.2) is 0 Å². The van der Waals surface area contributed by atoms with Crippen LogP contribution in [0, 0.1) is 0 Å². The van der Waals surface area contributed by atoms with Gasteiger partial charge in [0.1, 0.15) is 6.10 Å². The Morgan fingerprint density at radius 2 is 1.59 bits per heavy atom. The van der Waals surface area contributed by atoms with Crippen LogP contribution < -0.4 is 0 Å². The number of esters is 1. The summed E-state index contributed by atoms with van der Waals surface area (Å²) < 4.78 is 5.20. The van der Waals surface area contributed by atoms with Crippen LogP contribution in [0.4, 0.5) is 0 Å². The van der Waals surface area contributed by atoms with Crippen molar-refractivity contribution < 1.29 is 14.6 Å². The van der Waals surface area contributed by atoms with Gasteiger partial charge in [0, 0.05) is 6.92 Å². The average Bonchev–Trinajstić information content (AvgIpc) is 2.27. The molecule has 0 saturated carbocycles. The first kappa shape index (κ1) is 16.4. The highest BCUT2D eigenvalue weighted by Crippen LogP contribution is 2.15. The Hall–Kier alpha value is -0.570. The van der Waals surface area contributed by atoms with Gasteiger partial charge in [0.15, 0.2) is 0 Å². The first-order valence-electron chi connectivity index (χ1n) is 6.97. The normalized spacial score (nSPS) is 14.4. The molecule has 0 aliphatic heterocycles. The summed E-state index contributed by atoms with van der Waals surface area (Å²) in [6, 6.07) is 0. The van der Waals surface area contributed by atoms with E-state index in [2.05, 4.69) is 13.8 Å². The van der Waals surface area contributed by atoms with E-state index in [-0.39, 0.29) is 12.1 Å². The lowest BCUT2D eigenvalue weighted by Gasteiger charge is -2.22. The maximum atomic E-state index is 11.0. The van der Waals surface area contributed by atoms with Gasteiger partial charge in [0.2, 0.25) is 0 Å². The lowest BCUT2D eigenvalue weighted by atomic mass is 10.0. The molecule has 0 bridgehead atoms. The van der Waals surface area contributed by atoms with Crippen molar-refractivity contribution in [1.82, 2.24) is 0 Å². The first-order chi connectivity index (χ1) is 8.11. The second-order valence-corrected chi connectivity index (χ2v) is 4.71. The topological polar surface area (TPSA) is 46.5 Å². The van der Waals surface area contributed by atoms with Gasteiger partial charge in [-0.2, -0.15) is 0 Å². The molecular formula is C14H28O3. The third-order valence-corrected chi connectivity index (χ3v) is 2.94. The van der Waals surface area contributed by atoms with Gasteiger partial charge in [0.25, 0.3) is 0 Å². The van der Waals surface area contributed by atoms with Crippen molar-refractivity contribution in [2.75, 3.05) is 0 Å². The molecule has 0 amide bonds. The molecule has 0 aromatic heterocycles. The molecule has 1 N–H and O–H groups in total. The predicted octanol–water partition coefficient (Wildman–Crippen LogP) is 3.44. The zero-order valence-corrected chi connectivity index (χ0v) is 11.6. The minimum absolute atomic E-state index is 0.291. The van der Waals surface area contributed by atoms with Gasteiger partial charge in [-0.3, -0.25) is 4.79 Å². The molecule has 3 heteroatoms. The fraction of sp³-hybridized carbons (Fsp3) is 0.929. The Morgan fingerprint density at radius 3 is 2.06 bits per heavy atom. The molecule has 0 rings (SSSR count). The fourth-order valence-electron chi connectivity index (χ4n) is 1.93. The minimum Gasteiger partial charge on any atom is -0.460 e. The Balaban J connectivity index is 4.00. The third kappa shape index (κ3) is 9.16. The van der Waals surface area contributed by atoms with Crippen LogP contribution in [0.15, 0.2) is 0 Å². The molecule has 0 spiro atoms. The molecule has 0 saturated heterocycles. The molecule has 0 radical (unpaired) electrons. The number of hydrogen-bond acceptors (Lipinski definition) is 3. The summed E-state index contributed by atoms with van der Waals surface area (Å²) in [5, 5.41) is 10.0. The number of unbranched alkanes of at least 4 members (excludes halogenated alkanes) is 4. The lowest BCUT2D eigenvalue weighted by Crippen LogP contribution is -2.30. The van der Waals surface area contributed by atoms with E-state index in [0.717, 1.165) is 51.4 Å². The Morgan fingerprint density at radius 1 is 1.06 bits per heavy atom. The van der Waals surface area contributed by atoms with Crippen LogP contribution in [0.2, 0.25) is 0 Å². The van der Waals surface area contributed by atoms with Gasteiger partial charge < -0.3 is 9.84 Å². The molecule has 3 nitrogen and oxygen atoms in total. The molecule has 0 aliphatic carbocycles. The van der Waals surface area contributed by atoms with Gasteiger partial charge in [0.05, 0.1) is 6.10 Å². The molecule has 0 aliphatic rings. The molecule has 0 aromatic rings. The SMILES string of the molecule is CCCCCC(O)C(CCCCC)OC(C)=O. The highest BCUT2D eigenvalue weighted by atomic mass is 16.6. The van der Waals surface area contributed by atoms with Gasteiger partial charge >= 0.3 is 5.97 Å². The Kier molecular flexibility index (Phi) is 10.2. The van der Waals surface area contributed by atoms with E-state index in [1.165, 1.54) is 6.92 Å².